The lowest BCUT2D eigenvalue weighted by molar-refractivity contribution is -0.199. The third-order valence-corrected chi connectivity index (χ3v) is 9.55. The van der Waals surface area contributed by atoms with Crippen LogP contribution in [0.3, 0.4) is 0 Å². The Balaban J connectivity index is 1.16. The number of carbonyl (C=O) groups excluding carboxylic acids is 2. The molecule has 5 rings (SSSR count). The minimum Gasteiger partial charge on any atom is -0.489 e. The first-order chi connectivity index (χ1) is 21.1. The van der Waals surface area contributed by atoms with Crippen LogP contribution in [0.4, 0.5) is 5.69 Å². The second-order valence-corrected chi connectivity index (χ2v) is 14.9. The monoisotopic (exact) mass is 636 g/mol. The van der Waals surface area contributed by atoms with Crippen molar-refractivity contribution in [2.75, 3.05) is 50.8 Å². The summed E-state index contributed by atoms with van der Waals surface area (Å²) in [5, 5.41) is 9.58. The number of amides is 1. The predicted octanol–water partition coefficient (Wildman–Crippen LogP) is 5.53. The van der Waals surface area contributed by atoms with Gasteiger partial charge in [-0.25, -0.2) is 4.79 Å². The van der Waals surface area contributed by atoms with Gasteiger partial charge >= 0.3 is 5.97 Å². The maximum absolute atomic E-state index is 13.7. The van der Waals surface area contributed by atoms with Crippen LogP contribution in [-0.4, -0.2) is 85.4 Å². The van der Waals surface area contributed by atoms with E-state index in [4.69, 9.17) is 25.8 Å². The number of fused-ring (bicyclic) bond motifs is 1. The zero-order valence-electron chi connectivity index (χ0n) is 27.5. The van der Waals surface area contributed by atoms with E-state index in [2.05, 4.69) is 55.7 Å². The van der Waals surface area contributed by atoms with Crippen LogP contribution in [-0.2, 0) is 20.8 Å². The van der Waals surface area contributed by atoms with Gasteiger partial charge in [-0.3, -0.25) is 9.69 Å². The highest BCUT2D eigenvalue weighted by Crippen LogP contribution is 2.59. The molecule has 0 aromatic heterocycles. The van der Waals surface area contributed by atoms with Crippen LogP contribution in [0.1, 0.15) is 70.0 Å². The van der Waals surface area contributed by atoms with Gasteiger partial charge in [0.15, 0.2) is 0 Å². The van der Waals surface area contributed by atoms with Crippen molar-refractivity contribution in [1.29, 1.82) is 5.26 Å². The lowest BCUT2D eigenvalue weighted by Gasteiger charge is -2.65. The molecule has 2 aromatic carbocycles. The van der Waals surface area contributed by atoms with E-state index in [1.807, 2.05) is 31.7 Å². The zero-order valence-corrected chi connectivity index (χ0v) is 28.2. The summed E-state index contributed by atoms with van der Waals surface area (Å²) < 4.78 is 17.3. The molecule has 0 N–H and O–H groups in total. The van der Waals surface area contributed by atoms with Crippen molar-refractivity contribution in [2.45, 2.75) is 72.8 Å². The fourth-order valence-electron chi connectivity index (χ4n) is 7.70. The minimum atomic E-state index is -0.508. The summed E-state index contributed by atoms with van der Waals surface area (Å²) in [7, 11) is 0. The van der Waals surface area contributed by atoms with Crippen molar-refractivity contribution in [3.63, 3.8) is 0 Å². The Labute approximate surface area is 272 Å². The van der Waals surface area contributed by atoms with Crippen molar-refractivity contribution in [3.8, 4) is 11.8 Å². The predicted molar refractivity (Wildman–Crippen MR) is 174 cm³/mol. The van der Waals surface area contributed by atoms with Gasteiger partial charge in [-0.15, -0.1) is 0 Å². The van der Waals surface area contributed by atoms with E-state index in [1.165, 1.54) is 0 Å². The van der Waals surface area contributed by atoms with Crippen molar-refractivity contribution < 1.29 is 23.8 Å². The molecule has 45 heavy (non-hydrogen) atoms. The van der Waals surface area contributed by atoms with E-state index in [0.29, 0.717) is 29.5 Å². The summed E-state index contributed by atoms with van der Waals surface area (Å²) >= 11 is 6.27. The van der Waals surface area contributed by atoms with E-state index in [-0.39, 0.29) is 41.5 Å². The maximum atomic E-state index is 13.7. The van der Waals surface area contributed by atoms with Crippen LogP contribution in [0, 0.1) is 22.2 Å². The molecule has 1 saturated heterocycles. The Morgan fingerprint density at radius 1 is 1.04 bits per heavy atom. The van der Waals surface area contributed by atoms with Gasteiger partial charge < -0.3 is 24.0 Å². The fraction of sp³-hybridized carbons (Fsp3) is 0.571. The van der Waals surface area contributed by atoms with Crippen molar-refractivity contribution in [2.24, 2.45) is 10.8 Å². The number of esters is 1. The van der Waals surface area contributed by atoms with Crippen molar-refractivity contribution in [1.82, 2.24) is 9.80 Å². The van der Waals surface area contributed by atoms with Gasteiger partial charge in [-0.1, -0.05) is 39.3 Å². The van der Waals surface area contributed by atoms with Crippen LogP contribution < -0.4 is 9.64 Å². The molecule has 0 radical (unpaired) electrons. The number of ether oxygens (including phenoxy) is 3. The van der Waals surface area contributed by atoms with Crippen molar-refractivity contribution >= 4 is 29.2 Å². The van der Waals surface area contributed by atoms with Gasteiger partial charge in [0.25, 0.3) is 5.91 Å². The molecule has 2 heterocycles. The van der Waals surface area contributed by atoms with Gasteiger partial charge in [-0.05, 0) is 56.7 Å². The van der Waals surface area contributed by atoms with E-state index >= 15 is 0 Å². The summed E-state index contributed by atoms with van der Waals surface area (Å²) in [5.74, 6) is 0.350. The van der Waals surface area contributed by atoms with Gasteiger partial charge in [0.2, 0.25) is 0 Å². The lowest BCUT2D eigenvalue weighted by atomic mass is 9.49. The third-order valence-electron chi connectivity index (χ3n) is 9.24. The Morgan fingerprint density at radius 2 is 1.73 bits per heavy atom. The summed E-state index contributed by atoms with van der Waals surface area (Å²) in [6.07, 6.45) is -0.148. The molecule has 1 amide bonds. The molecule has 10 heteroatoms. The van der Waals surface area contributed by atoms with Crippen molar-refractivity contribution in [3.05, 3.63) is 58.1 Å². The van der Waals surface area contributed by atoms with Crippen LogP contribution in [0.15, 0.2) is 36.4 Å². The lowest BCUT2D eigenvalue weighted by Crippen LogP contribution is -2.74. The number of halogens is 1. The summed E-state index contributed by atoms with van der Waals surface area (Å²) in [6.45, 7) is 19.5. The van der Waals surface area contributed by atoms with Crippen LogP contribution >= 0.6 is 11.6 Å². The molecule has 2 fully saturated rings. The first kappa shape index (κ1) is 33.1. The highest BCUT2D eigenvalue weighted by atomic mass is 35.5. The topological polar surface area (TPSA) is 95.3 Å². The van der Waals surface area contributed by atoms with Gasteiger partial charge in [0.05, 0.1) is 17.2 Å². The highest BCUT2D eigenvalue weighted by Gasteiger charge is 2.67. The number of nitriles is 1. The molecule has 0 spiro atoms. The van der Waals surface area contributed by atoms with Gasteiger partial charge in [0, 0.05) is 73.5 Å². The first-order valence-corrected chi connectivity index (χ1v) is 16.1. The maximum Gasteiger partial charge on any atom is 0.332 e. The molecule has 0 atom stereocenters. The summed E-state index contributed by atoms with van der Waals surface area (Å²) in [5.41, 5.74) is 2.26. The molecule has 0 bridgehead atoms. The molecular weight excluding hydrogens is 592 g/mol. The summed E-state index contributed by atoms with van der Waals surface area (Å²) in [4.78, 5) is 32.3. The quantitative estimate of drug-likeness (QED) is 0.262. The second kappa shape index (κ2) is 12.5. The van der Waals surface area contributed by atoms with E-state index in [0.717, 1.165) is 49.5 Å². The standard InChI is InChI=1S/C35H45ClN4O5/c1-33(2,3)45-29(41)22-43-17-16-38-12-14-39(15-13-38)25-9-11-27-24(18-25)21-40(30(27)42)31-34(4,5)32(35(31,6)7)44-26-10-8-23(20-37)28(36)19-26/h8-11,18-19,31-32H,12-17,21-22H2,1-7H3/t31-,32-. The Hall–Kier alpha value is -3.32. The van der Waals surface area contributed by atoms with E-state index in [1.54, 1.807) is 18.2 Å². The number of rotatable bonds is 9. The Kier molecular flexibility index (Phi) is 9.16. The molecule has 0 unspecified atom stereocenters. The first-order valence-electron chi connectivity index (χ1n) is 15.7. The SMILES string of the molecule is CC(C)(C)OC(=O)COCCN1CCN(c2ccc3c(c2)CN([C@H]2C(C)(C)[C@H](Oc4ccc(C#N)c(Cl)c4)C2(C)C)C3=O)CC1. The molecule has 1 aliphatic carbocycles. The molecule has 2 aromatic rings. The van der Waals surface area contributed by atoms with Gasteiger partial charge in [0.1, 0.15) is 30.1 Å². The number of carbonyl (C=O) groups is 2. The fourth-order valence-corrected chi connectivity index (χ4v) is 7.91. The van der Waals surface area contributed by atoms with Gasteiger partial charge in [-0.2, -0.15) is 5.26 Å². The summed E-state index contributed by atoms with van der Waals surface area (Å²) in [6, 6.07) is 13.4. The minimum absolute atomic E-state index is 0.0201. The van der Waals surface area contributed by atoms with E-state index in [9.17, 15) is 14.9 Å². The van der Waals surface area contributed by atoms with E-state index < -0.39 is 5.60 Å². The molecular formula is C35H45ClN4O5. The molecule has 2 aliphatic heterocycles. The van der Waals surface area contributed by atoms with Crippen LogP contribution in [0.5, 0.6) is 5.75 Å². The Bertz CT molecular complexity index is 1470. The van der Waals surface area contributed by atoms with Crippen LogP contribution in [0.25, 0.3) is 0 Å². The molecule has 9 nitrogen and oxygen atoms in total. The molecule has 3 aliphatic rings. The average molecular weight is 637 g/mol. The number of piperazine rings is 1. The number of hydrogen-bond acceptors (Lipinski definition) is 8. The highest BCUT2D eigenvalue weighted by molar-refractivity contribution is 6.31. The second-order valence-electron chi connectivity index (χ2n) is 14.5. The van der Waals surface area contributed by atoms with Crippen LogP contribution in [0.2, 0.25) is 5.02 Å². The molecule has 242 valence electrons. The average Bonchev–Trinajstić information content (AvgIpc) is 3.27. The smallest absolute Gasteiger partial charge is 0.332 e. The number of hydrogen-bond donors (Lipinski definition) is 0. The third kappa shape index (κ3) is 6.79. The number of benzene rings is 2. The Morgan fingerprint density at radius 3 is 2.36 bits per heavy atom. The largest absolute Gasteiger partial charge is 0.489 e. The zero-order chi connectivity index (χ0) is 32.7. The number of nitrogens with zero attached hydrogens (tertiary/aromatic N) is 4. The number of anilines is 1. The molecule has 1 saturated carbocycles. The normalized spacial score (nSPS) is 22.4.